The van der Waals surface area contributed by atoms with Crippen molar-refractivity contribution in [2.45, 2.75) is 81.1 Å². The molecular formula is C54H64Cl2Zr2-2. The molecule has 58 heavy (non-hydrogen) atoms. The van der Waals surface area contributed by atoms with Crippen molar-refractivity contribution in [2.24, 2.45) is 23.7 Å². The van der Waals surface area contributed by atoms with Gasteiger partial charge in [0, 0.05) is 0 Å². The van der Waals surface area contributed by atoms with E-state index in [0.29, 0.717) is 0 Å². The molecule has 0 radical (unpaired) electrons. The quantitative estimate of drug-likeness (QED) is 0.134. The minimum atomic E-state index is 0. The van der Waals surface area contributed by atoms with Gasteiger partial charge in [0.1, 0.15) is 0 Å². The van der Waals surface area contributed by atoms with E-state index in [1.807, 2.05) is 0 Å². The maximum atomic E-state index is 3.34. The molecule has 0 fully saturated rings. The van der Waals surface area contributed by atoms with Gasteiger partial charge in [-0.1, -0.05) is 129 Å². The van der Waals surface area contributed by atoms with Gasteiger partial charge < -0.3 is 24.8 Å². The second kappa shape index (κ2) is 28.8. The molecule has 304 valence electrons. The van der Waals surface area contributed by atoms with E-state index in [0.717, 1.165) is 23.7 Å². The zero-order chi connectivity index (χ0) is 41.0. The van der Waals surface area contributed by atoms with Gasteiger partial charge in [0.05, 0.1) is 0 Å². The third-order valence-electron chi connectivity index (χ3n) is 9.60. The number of rotatable bonds is 8. The molecule has 0 unspecified atom stereocenters. The van der Waals surface area contributed by atoms with Gasteiger partial charge in [0.15, 0.2) is 0 Å². The van der Waals surface area contributed by atoms with Gasteiger partial charge >= 0.3 is 56.9 Å². The molecule has 0 atom stereocenters. The number of halogens is 2. The zero-order valence-corrected chi connectivity index (χ0v) is 42.6. The second-order valence-corrected chi connectivity index (χ2v) is 16.2. The predicted molar refractivity (Wildman–Crippen MR) is 247 cm³/mol. The summed E-state index contributed by atoms with van der Waals surface area (Å²) in [6.45, 7) is 18.1. The Labute approximate surface area is 393 Å². The second-order valence-electron chi connectivity index (χ2n) is 16.2. The predicted octanol–water partition coefficient (Wildman–Crippen LogP) is 8.97. The molecule has 0 aliphatic carbocycles. The van der Waals surface area contributed by atoms with Crippen molar-refractivity contribution >= 4 is 51.5 Å². The van der Waals surface area contributed by atoms with Gasteiger partial charge in [-0.2, -0.15) is 22.3 Å². The first-order valence-electron chi connectivity index (χ1n) is 20.3. The third-order valence-corrected chi connectivity index (χ3v) is 9.60. The van der Waals surface area contributed by atoms with E-state index >= 15 is 0 Å². The van der Waals surface area contributed by atoms with E-state index in [2.05, 4.69) is 209 Å². The van der Waals surface area contributed by atoms with E-state index < -0.39 is 0 Å². The first kappa shape index (κ1) is 53.4. The number of hydrogen-bond donors (Lipinski definition) is 0. The summed E-state index contributed by atoms with van der Waals surface area (Å²) in [7, 11) is 0. The van der Waals surface area contributed by atoms with Crippen molar-refractivity contribution in [1.82, 2.24) is 0 Å². The molecule has 0 aromatic heterocycles. The molecule has 0 aliphatic rings. The minimum absolute atomic E-state index is 0. The van der Waals surface area contributed by atoms with E-state index in [4.69, 9.17) is 0 Å². The molecule has 0 saturated heterocycles. The molecule has 8 aromatic carbocycles. The Balaban J connectivity index is 0.000000371. The molecule has 0 aliphatic heterocycles. The largest absolute Gasteiger partial charge is 1.00 e. The summed E-state index contributed by atoms with van der Waals surface area (Å²) in [5.41, 5.74) is 5.97. The molecule has 0 bridgehead atoms. The first-order chi connectivity index (χ1) is 27.1. The third kappa shape index (κ3) is 16.8. The first-order valence-corrected chi connectivity index (χ1v) is 23.8. The van der Waals surface area contributed by atoms with E-state index in [1.54, 1.807) is 0 Å². The summed E-state index contributed by atoms with van der Waals surface area (Å²) >= 11 is 2.60. The molecule has 8 aromatic rings. The van der Waals surface area contributed by atoms with Crippen molar-refractivity contribution < 1.29 is 73.3 Å². The van der Waals surface area contributed by atoms with Crippen LogP contribution in [0.2, 0.25) is 0 Å². The van der Waals surface area contributed by atoms with Crippen LogP contribution in [0.25, 0.3) is 43.1 Å². The molecule has 0 saturated carbocycles. The summed E-state index contributed by atoms with van der Waals surface area (Å²) in [5, 5.41) is 11.2. The fourth-order valence-corrected chi connectivity index (χ4v) is 7.33. The average molecular weight is 966 g/mol. The number of benzene rings is 4. The topological polar surface area (TPSA) is 0 Å². The van der Waals surface area contributed by atoms with E-state index in [1.165, 1.54) is 139 Å². The van der Waals surface area contributed by atoms with Crippen molar-refractivity contribution in [3.63, 3.8) is 0 Å². The normalized spacial score (nSPS) is 10.3. The van der Waals surface area contributed by atoms with Crippen LogP contribution >= 0.6 is 0 Å². The van der Waals surface area contributed by atoms with E-state index in [-0.39, 0.29) is 24.8 Å². The maximum Gasteiger partial charge on any atom is -1.00 e. The van der Waals surface area contributed by atoms with Crippen LogP contribution < -0.4 is 24.8 Å². The van der Waals surface area contributed by atoms with Crippen molar-refractivity contribution in [3.8, 4) is 0 Å². The number of fused-ring (bicyclic) bond motifs is 4. The van der Waals surface area contributed by atoms with Crippen molar-refractivity contribution in [3.05, 3.63) is 168 Å². The molecule has 0 spiro atoms. The minimum Gasteiger partial charge on any atom is -1.00 e. The van der Waals surface area contributed by atoms with Crippen LogP contribution in [0, 0.1) is 23.7 Å². The fourth-order valence-electron chi connectivity index (χ4n) is 7.33. The standard InChI is InChI=1S/4C13H15.2CH2.2ClH.2Zr/c4*1-10(2)9-12-8-7-11-5-3-4-6-13(11)12;;;;;;/h4*3-8,10H,9H2,1-2H3;2*1H2;2*1H;;/q4*-1;;;;;2*+2/p-2. The average Bonchev–Trinajstić information content (AvgIpc) is 4.00. The Bertz CT molecular complexity index is 1950. The molecule has 4 heteroatoms. The van der Waals surface area contributed by atoms with Gasteiger partial charge in [0.25, 0.3) is 0 Å². The van der Waals surface area contributed by atoms with Gasteiger partial charge in [0.2, 0.25) is 0 Å². The van der Waals surface area contributed by atoms with Gasteiger partial charge in [-0.15, -0.1) is 164 Å². The molecule has 0 amide bonds. The maximum absolute atomic E-state index is 3.34. The van der Waals surface area contributed by atoms with Crippen molar-refractivity contribution in [2.75, 3.05) is 0 Å². The summed E-state index contributed by atoms with van der Waals surface area (Å²) in [6.07, 6.45) is 4.75. The Morgan fingerprint density at radius 2 is 0.517 bits per heavy atom. The van der Waals surface area contributed by atoms with Crippen LogP contribution in [0.15, 0.2) is 146 Å². The van der Waals surface area contributed by atoms with Gasteiger partial charge in [-0.05, 0) is 0 Å². The molecule has 0 N–H and O–H groups in total. The zero-order valence-electron chi connectivity index (χ0n) is 36.2. The molecule has 0 heterocycles. The van der Waals surface area contributed by atoms with Crippen LogP contribution in [0.3, 0.4) is 0 Å². The summed E-state index contributed by atoms with van der Waals surface area (Å²) < 4.78 is 6.68. The van der Waals surface area contributed by atoms with Crippen molar-refractivity contribution in [1.29, 1.82) is 0 Å². The summed E-state index contributed by atoms with van der Waals surface area (Å²) in [4.78, 5) is 0. The fraction of sp³-hybridized carbons (Fsp3) is 0.296. The Kier molecular flexibility index (Phi) is 26.5. The Morgan fingerprint density at radius 3 is 0.690 bits per heavy atom. The Morgan fingerprint density at radius 1 is 0.345 bits per heavy atom. The van der Waals surface area contributed by atoms with Crippen LogP contribution in [0.4, 0.5) is 0 Å². The molecule has 8 rings (SSSR count). The molecular weight excluding hydrogens is 902 g/mol. The monoisotopic (exact) mass is 962 g/mol. The van der Waals surface area contributed by atoms with Crippen LogP contribution in [0.5, 0.6) is 0 Å². The van der Waals surface area contributed by atoms with Gasteiger partial charge in [-0.25, -0.2) is 0 Å². The van der Waals surface area contributed by atoms with Crippen LogP contribution in [-0.2, 0) is 74.2 Å². The SMILES string of the molecule is CC(C)Cc1c[cH-]c2ccccc12.CC(C)Cc1c[cH-]c2ccccc12.CC(C)Cc1c[cH-]c2ccccc12.CC(C)Cc1c[cH-]c2ccccc12.[CH2]=[Zr+2].[CH2]=[Zr+2].[Cl-].[Cl-]. The van der Waals surface area contributed by atoms with E-state index in [9.17, 15) is 0 Å². The smallest absolute Gasteiger partial charge is 1.00 e. The number of hydrogen-bond acceptors (Lipinski definition) is 0. The summed E-state index contributed by atoms with van der Waals surface area (Å²) in [5.74, 6) is 2.97. The van der Waals surface area contributed by atoms with Gasteiger partial charge in [-0.3, -0.25) is 0 Å². The molecule has 0 nitrogen and oxygen atoms in total. The van der Waals surface area contributed by atoms with Crippen LogP contribution in [0.1, 0.15) is 77.6 Å². The van der Waals surface area contributed by atoms with Crippen LogP contribution in [-0.4, -0.2) is 8.42 Å². The summed E-state index contributed by atoms with van der Waals surface area (Å²) in [6, 6.07) is 52.3. The Hall–Kier alpha value is -2.59.